The summed E-state index contributed by atoms with van der Waals surface area (Å²) in [4.78, 5) is 14.0. The van der Waals surface area contributed by atoms with Gasteiger partial charge in [-0.25, -0.2) is 0 Å². The van der Waals surface area contributed by atoms with Crippen LogP contribution in [-0.4, -0.2) is 42.2 Å². The predicted octanol–water partition coefficient (Wildman–Crippen LogP) is 3.01. The highest BCUT2D eigenvalue weighted by Gasteiger charge is 2.27. The van der Waals surface area contributed by atoms with Crippen LogP contribution in [0, 0.1) is 5.41 Å². The molecule has 1 amide bonds. The van der Waals surface area contributed by atoms with Gasteiger partial charge in [-0.2, -0.15) is 0 Å². The van der Waals surface area contributed by atoms with Gasteiger partial charge in [0, 0.05) is 19.0 Å². The van der Waals surface area contributed by atoms with Crippen LogP contribution in [0.25, 0.3) is 0 Å². The van der Waals surface area contributed by atoms with Crippen LogP contribution in [0.5, 0.6) is 0 Å². The van der Waals surface area contributed by atoms with Crippen molar-refractivity contribution in [2.45, 2.75) is 33.2 Å². The Morgan fingerprint density at radius 2 is 2.00 bits per heavy atom. The number of aliphatic hydroxyl groups is 1. The fourth-order valence-electron chi connectivity index (χ4n) is 2.28. The number of nitrogens with zero attached hydrogens (tertiary/aromatic N) is 1. The quantitative estimate of drug-likeness (QED) is 0.849. The number of benzene rings is 1. The number of hydrogen-bond donors (Lipinski definition) is 2. The van der Waals surface area contributed by atoms with Gasteiger partial charge >= 0.3 is 0 Å². The molecule has 1 aromatic carbocycles. The summed E-state index contributed by atoms with van der Waals surface area (Å²) >= 11 is 6.01. The molecule has 0 radical (unpaired) electrons. The Kier molecular flexibility index (Phi) is 6.65. The van der Waals surface area contributed by atoms with Crippen LogP contribution in [-0.2, 0) is 4.79 Å². The Bertz CT molecular complexity index is 472. The lowest BCUT2D eigenvalue weighted by Gasteiger charge is -2.36. The summed E-state index contributed by atoms with van der Waals surface area (Å²) < 4.78 is 0. The molecule has 0 bridgehead atoms. The smallest absolute Gasteiger partial charge is 0.225 e. The third kappa shape index (κ3) is 5.65. The van der Waals surface area contributed by atoms with E-state index < -0.39 is 0 Å². The Balaban J connectivity index is 2.51. The molecule has 5 heteroatoms. The lowest BCUT2D eigenvalue weighted by Crippen LogP contribution is -2.45. The zero-order chi connectivity index (χ0) is 16.0. The van der Waals surface area contributed by atoms with Crippen molar-refractivity contribution in [3.63, 3.8) is 0 Å². The average molecular weight is 313 g/mol. The maximum Gasteiger partial charge on any atom is 0.225 e. The number of halogens is 1. The summed E-state index contributed by atoms with van der Waals surface area (Å²) in [6.45, 7) is 6.89. The number of para-hydroxylation sites is 1. The van der Waals surface area contributed by atoms with Gasteiger partial charge in [0.15, 0.2) is 0 Å². The molecule has 4 nitrogen and oxygen atoms in total. The van der Waals surface area contributed by atoms with E-state index in [2.05, 4.69) is 26.1 Å². The van der Waals surface area contributed by atoms with E-state index in [-0.39, 0.29) is 24.0 Å². The fourth-order valence-corrected chi connectivity index (χ4v) is 2.47. The van der Waals surface area contributed by atoms with Gasteiger partial charge in [0.25, 0.3) is 0 Å². The Hall–Kier alpha value is -1.10. The summed E-state index contributed by atoms with van der Waals surface area (Å²) in [5.41, 5.74) is 0.587. The van der Waals surface area contributed by atoms with Gasteiger partial charge < -0.3 is 15.3 Å². The van der Waals surface area contributed by atoms with Crippen molar-refractivity contribution in [1.29, 1.82) is 0 Å². The monoisotopic (exact) mass is 312 g/mol. The van der Waals surface area contributed by atoms with Crippen LogP contribution in [0.3, 0.4) is 0 Å². The van der Waals surface area contributed by atoms with Crippen molar-refractivity contribution in [2.75, 3.05) is 25.5 Å². The van der Waals surface area contributed by atoms with Crippen LogP contribution < -0.4 is 5.32 Å². The molecule has 0 aliphatic heterocycles. The van der Waals surface area contributed by atoms with Crippen molar-refractivity contribution in [3.05, 3.63) is 29.3 Å². The largest absolute Gasteiger partial charge is 0.395 e. The average Bonchev–Trinajstić information content (AvgIpc) is 2.38. The van der Waals surface area contributed by atoms with E-state index in [4.69, 9.17) is 11.6 Å². The standard InChI is InChI=1S/C16H25ClN2O2/c1-16(2,3)14(11-20)19(4)10-9-15(21)18-13-8-6-5-7-12(13)17/h5-8,14,20H,9-11H2,1-4H3,(H,18,21). The Labute approximate surface area is 132 Å². The fraction of sp³-hybridized carbons (Fsp3) is 0.562. The van der Waals surface area contributed by atoms with Crippen molar-refractivity contribution in [1.82, 2.24) is 4.90 Å². The first-order valence-corrected chi connectivity index (χ1v) is 7.49. The zero-order valence-corrected chi connectivity index (χ0v) is 13.9. The SMILES string of the molecule is CN(CCC(=O)Nc1ccccc1Cl)C(CO)C(C)(C)C. The molecule has 0 heterocycles. The predicted molar refractivity (Wildman–Crippen MR) is 87.7 cm³/mol. The van der Waals surface area contributed by atoms with Crippen molar-refractivity contribution in [3.8, 4) is 0 Å². The second-order valence-corrected chi connectivity index (χ2v) is 6.73. The number of hydrogen-bond acceptors (Lipinski definition) is 3. The van der Waals surface area contributed by atoms with Crippen LogP contribution in [0.2, 0.25) is 5.02 Å². The maximum absolute atomic E-state index is 12.0. The summed E-state index contributed by atoms with van der Waals surface area (Å²) in [7, 11) is 1.93. The minimum atomic E-state index is -0.0828. The van der Waals surface area contributed by atoms with E-state index >= 15 is 0 Å². The number of anilines is 1. The molecule has 0 aliphatic carbocycles. The van der Waals surface area contributed by atoms with E-state index in [1.807, 2.05) is 24.1 Å². The van der Waals surface area contributed by atoms with Crippen LogP contribution in [0.4, 0.5) is 5.69 Å². The van der Waals surface area contributed by atoms with Crippen molar-refractivity contribution >= 4 is 23.2 Å². The molecule has 0 aromatic heterocycles. The first-order chi connectivity index (χ1) is 9.75. The molecule has 0 spiro atoms. The summed E-state index contributed by atoms with van der Waals surface area (Å²) in [6, 6.07) is 7.18. The maximum atomic E-state index is 12.0. The number of amides is 1. The molecule has 1 rings (SSSR count). The third-order valence-corrected chi connectivity index (χ3v) is 3.87. The van der Waals surface area contributed by atoms with E-state index in [0.29, 0.717) is 23.7 Å². The number of likely N-dealkylation sites (N-methyl/N-ethyl adjacent to an activating group) is 1. The second kappa shape index (κ2) is 7.78. The van der Waals surface area contributed by atoms with Crippen molar-refractivity contribution < 1.29 is 9.90 Å². The van der Waals surface area contributed by atoms with Crippen LogP contribution >= 0.6 is 11.6 Å². The first-order valence-electron chi connectivity index (χ1n) is 7.11. The molecule has 118 valence electrons. The minimum Gasteiger partial charge on any atom is -0.395 e. The van der Waals surface area contributed by atoms with Crippen molar-refractivity contribution in [2.24, 2.45) is 5.41 Å². The van der Waals surface area contributed by atoms with Gasteiger partial charge in [0.1, 0.15) is 0 Å². The second-order valence-electron chi connectivity index (χ2n) is 6.32. The molecule has 0 fully saturated rings. The zero-order valence-electron chi connectivity index (χ0n) is 13.2. The topological polar surface area (TPSA) is 52.6 Å². The van der Waals surface area contributed by atoms with E-state index in [1.165, 1.54) is 0 Å². The van der Waals surface area contributed by atoms with E-state index in [0.717, 1.165) is 0 Å². The molecule has 0 aliphatic rings. The number of carbonyl (C=O) groups excluding carboxylic acids is 1. The Morgan fingerprint density at radius 1 is 1.38 bits per heavy atom. The molecule has 0 saturated heterocycles. The van der Waals surface area contributed by atoms with Gasteiger partial charge in [0.2, 0.25) is 5.91 Å². The summed E-state index contributed by atoms with van der Waals surface area (Å²) in [5, 5.41) is 12.8. The molecule has 1 unspecified atom stereocenters. The van der Waals surface area contributed by atoms with E-state index in [9.17, 15) is 9.90 Å². The normalized spacial score (nSPS) is 13.3. The van der Waals surface area contributed by atoms with Gasteiger partial charge in [-0.1, -0.05) is 44.5 Å². The lowest BCUT2D eigenvalue weighted by atomic mass is 9.86. The third-order valence-electron chi connectivity index (χ3n) is 3.54. The van der Waals surface area contributed by atoms with Crippen LogP contribution in [0.15, 0.2) is 24.3 Å². The van der Waals surface area contributed by atoms with Gasteiger partial charge in [-0.3, -0.25) is 4.79 Å². The number of carbonyl (C=O) groups is 1. The highest BCUT2D eigenvalue weighted by molar-refractivity contribution is 6.33. The minimum absolute atomic E-state index is 0.0191. The first kappa shape index (κ1) is 18.0. The summed E-state index contributed by atoms with van der Waals surface area (Å²) in [5.74, 6) is -0.0828. The molecule has 1 atom stereocenters. The molecule has 21 heavy (non-hydrogen) atoms. The van der Waals surface area contributed by atoms with Crippen LogP contribution in [0.1, 0.15) is 27.2 Å². The lowest BCUT2D eigenvalue weighted by molar-refractivity contribution is -0.116. The molecular formula is C16H25ClN2O2. The molecule has 1 aromatic rings. The number of nitrogens with one attached hydrogen (secondary N) is 1. The molecule has 0 saturated carbocycles. The highest BCUT2D eigenvalue weighted by Crippen LogP contribution is 2.23. The Morgan fingerprint density at radius 3 is 2.52 bits per heavy atom. The van der Waals surface area contributed by atoms with Gasteiger partial charge in [0.05, 0.1) is 17.3 Å². The number of aliphatic hydroxyl groups excluding tert-OH is 1. The highest BCUT2D eigenvalue weighted by atomic mass is 35.5. The number of rotatable bonds is 6. The van der Waals surface area contributed by atoms with E-state index in [1.54, 1.807) is 12.1 Å². The van der Waals surface area contributed by atoms with Gasteiger partial charge in [-0.05, 0) is 24.6 Å². The molecular weight excluding hydrogens is 288 g/mol. The molecule has 2 N–H and O–H groups in total. The summed E-state index contributed by atoms with van der Waals surface area (Å²) in [6.07, 6.45) is 0.355. The van der Waals surface area contributed by atoms with Gasteiger partial charge in [-0.15, -0.1) is 0 Å².